The van der Waals surface area contributed by atoms with Crippen LogP contribution in [0.4, 0.5) is 10.6 Å². The van der Waals surface area contributed by atoms with Gasteiger partial charge in [-0.15, -0.1) is 0 Å². The van der Waals surface area contributed by atoms with Crippen molar-refractivity contribution in [2.75, 3.05) is 18.9 Å². The summed E-state index contributed by atoms with van der Waals surface area (Å²) in [6, 6.07) is 5.94. The number of anilines is 1. The molecule has 2 unspecified atom stereocenters. The maximum absolute atomic E-state index is 11.7. The Balaban J connectivity index is 0.000000482. The first-order chi connectivity index (χ1) is 19.0. The number of carboxylic acids is 1. The lowest BCUT2D eigenvalue weighted by atomic mass is 9.87. The Kier molecular flexibility index (Phi) is 13.3. The monoisotopic (exact) mass is 560 g/mol. The topological polar surface area (TPSA) is 223 Å². The van der Waals surface area contributed by atoms with E-state index in [-0.39, 0.29) is 43.7 Å². The van der Waals surface area contributed by atoms with Crippen molar-refractivity contribution >= 4 is 29.9 Å². The largest absolute Gasteiger partial charge is 0.508 e. The number of ether oxygens (including phenoxy) is 3. The predicted octanol–water partition coefficient (Wildman–Crippen LogP) is 3.73. The van der Waals surface area contributed by atoms with Crippen LogP contribution in [0.5, 0.6) is 0 Å². The Bertz CT molecular complexity index is 1180. The summed E-state index contributed by atoms with van der Waals surface area (Å²) in [5, 5.41) is 35.0. The van der Waals surface area contributed by atoms with Gasteiger partial charge in [0.1, 0.15) is 31.2 Å². The van der Waals surface area contributed by atoms with E-state index in [9.17, 15) is 9.59 Å². The third-order valence-corrected chi connectivity index (χ3v) is 6.48. The van der Waals surface area contributed by atoms with Crippen LogP contribution in [0.1, 0.15) is 71.1 Å². The number of nitrogens with zero attached hydrogens (tertiary/aromatic N) is 5. The van der Waals surface area contributed by atoms with Crippen LogP contribution in [-0.2, 0) is 23.8 Å². The summed E-state index contributed by atoms with van der Waals surface area (Å²) in [4.78, 5) is 34.2. The summed E-state index contributed by atoms with van der Waals surface area (Å²) in [7, 11) is 0. The minimum absolute atomic E-state index is 0.0359. The van der Waals surface area contributed by atoms with E-state index in [2.05, 4.69) is 22.7 Å². The Hall–Kier alpha value is -4.43. The molecule has 1 saturated heterocycles. The van der Waals surface area contributed by atoms with Gasteiger partial charge < -0.3 is 30.2 Å². The first kappa shape index (κ1) is 33.6. The van der Waals surface area contributed by atoms with Gasteiger partial charge in [-0.1, -0.05) is 27.2 Å². The zero-order valence-electron chi connectivity index (χ0n) is 22.9. The van der Waals surface area contributed by atoms with Crippen molar-refractivity contribution in [3.05, 3.63) is 24.2 Å². The molecule has 14 nitrogen and oxygen atoms in total. The van der Waals surface area contributed by atoms with Gasteiger partial charge >= 0.3 is 12.1 Å². The van der Waals surface area contributed by atoms with E-state index in [0.717, 1.165) is 43.3 Å². The fourth-order valence-electron chi connectivity index (χ4n) is 3.64. The van der Waals surface area contributed by atoms with Gasteiger partial charge in [0.2, 0.25) is 0 Å². The van der Waals surface area contributed by atoms with Crippen LogP contribution in [0.25, 0.3) is 5.52 Å². The van der Waals surface area contributed by atoms with Gasteiger partial charge in [-0.05, 0) is 43.2 Å². The van der Waals surface area contributed by atoms with Gasteiger partial charge in [-0.3, -0.25) is 9.59 Å². The second-order valence-electron chi connectivity index (χ2n) is 9.96. The molecule has 0 aromatic carbocycles. The number of hydrogen-bond acceptors (Lipinski definition) is 11. The minimum atomic E-state index is -0.757. The van der Waals surface area contributed by atoms with Gasteiger partial charge in [-0.25, -0.2) is 19.6 Å². The number of fused-ring (bicyclic) bond motifs is 1. The molecule has 1 aliphatic heterocycles. The first-order valence-electron chi connectivity index (χ1n) is 12.5. The zero-order chi connectivity index (χ0) is 30.3. The lowest BCUT2D eigenvalue weighted by molar-refractivity contribution is -0.139. The van der Waals surface area contributed by atoms with Gasteiger partial charge in [0.05, 0.1) is 29.7 Å². The number of hydrogen-bond donors (Lipinski definition) is 3. The molecule has 4 rings (SSSR count). The standard InChI is InChI=1S/C17H19N5O4.C7H14O2.CHN.CH2O2/c18-8-17(5-6-17)9-25-16(23)24-7-11-1-4-14(26-11)12-2-3-13-15(19)20-10-21-22(12)13;1-4-7(2,3)5-6(8)9;1-2;2-1-3/h2-3,10-11,14H,1,4-7,9H2,(H2,19,20,21);4-5H2,1-3H3,(H,8,9);1H;1H,(H,2,3). The average Bonchev–Trinajstić information content (AvgIpc) is 3.33. The smallest absolute Gasteiger partial charge is 0.483 e. The zero-order valence-corrected chi connectivity index (χ0v) is 22.9. The van der Waals surface area contributed by atoms with Crippen molar-refractivity contribution in [1.29, 1.82) is 10.5 Å². The minimum Gasteiger partial charge on any atom is -0.483 e. The number of carboxylic acid groups (broad SMARTS) is 2. The Labute approximate surface area is 232 Å². The molecule has 0 bridgehead atoms. The molecular formula is C26H36N6O8. The van der Waals surface area contributed by atoms with Crippen LogP contribution in [0, 0.1) is 34.0 Å². The number of aromatic nitrogens is 3. The summed E-state index contributed by atoms with van der Waals surface area (Å²) in [6.07, 6.45) is 4.56. The van der Waals surface area contributed by atoms with Crippen LogP contribution in [0.3, 0.4) is 0 Å². The molecule has 218 valence electrons. The molecule has 2 fully saturated rings. The predicted molar refractivity (Wildman–Crippen MR) is 141 cm³/mol. The van der Waals surface area contributed by atoms with Crippen molar-refractivity contribution < 1.29 is 38.8 Å². The highest BCUT2D eigenvalue weighted by atomic mass is 16.7. The SMILES string of the molecule is C#N.CCC(C)(C)CC(=O)O.N#CC1(COC(=O)OCC2CCC(c3ccc4c(N)ncnn34)O2)CC1.O=CO. The highest BCUT2D eigenvalue weighted by Gasteiger charge is 2.44. The van der Waals surface area contributed by atoms with Crippen molar-refractivity contribution in [3.63, 3.8) is 0 Å². The van der Waals surface area contributed by atoms with Gasteiger partial charge in [0.25, 0.3) is 6.47 Å². The Morgan fingerprint density at radius 1 is 1.32 bits per heavy atom. The van der Waals surface area contributed by atoms with E-state index in [4.69, 9.17) is 45.5 Å². The molecule has 3 heterocycles. The Morgan fingerprint density at radius 2 is 1.98 bits per heavy atom. The lowest BCUT2D eigenvalue weighted by Gasteiger charge is -2.18. The van der Waals surface area contributed by atoms with Gasteiger partial charge in [0, 0.05) is 6.57 Å². The van der Waals surface area contributed by atoms with E-state index in [1.165, 1.54) is 6.33 Å². The maximum Gasteiger partial charge on any atom is 0.508 e. The number of nitrogens with two attached hydrogens (primary N) is 1. The van der Waals surface area contributed by atoms with Crippen molar-refractivity contribution in [2.45, 2.75) is 71.5 Å². The van der Waals surface area contributed by atoms with Crippen molar-refractivity contribution in [2.24, 2.45) is 10.8 Å². The third kappa shape index (κ3) is 10.4. The molecular weight excluding hydrogens is 524 g/mol. The second kappa shape index (κ2) is 15.9. The normalized spacial score (nSPS) is 18.2. The van der Waals surface area contributed by atoms with Crippen LogP contribution < -0.4 is 5.73 Å². The number of nitriles is 2. The van der Waals surface area contributed by atoms with Crippen LogP contribution in [-0.4, -0.2) is 62.7 Å². The molecule has 2 aliphatic rings. The van der Waals surface area contributed by atoms with Crippen LogP contribution in [0.2, 0.25) is 0 Å². The molecule has 1 saturated carbocycles. The van der Waals surface area contributed by atoms with Crippen LogP contribution in [0.15, 0.2) is 18.5 Å². The Morgan fingerprint density at radius 3 is 2.50 bits per heavy atom. The van der Waals surface area contributed by atoms with Gasteiger partial charge in [-0.2, -0.15) is 10.4 Å². The molecule has 0 spiro atoms. The number of carbonyl (C=O) groups is 3. The summed E-state index contributed by atoms with van der Waals surface area (Å²) >= 11 is 0. The average molecular weight is 561 g/mol. The molecule has 14 heteroatoms. The number of nitrogen functional groups attached to an aromatic ring is 1. The van der Waals surface area contributed by atoms with Gasteiger partial charge in [0.15, 0.2) is 5.82 Å². The maximum atomic E-state index is 11.7. The molecule has 40 heavy (non-hydrogen) atoms. The number of aliphatic carboxylic acids is 1. The fourth-order valence-corrected chi connectivity index (χ4v) is 3.64. The second-order valence-corrected chi connectivity index (χ2v) is 9.96. The van der Waals surface area contributed by atoms with Crippen molar-refractivity contribution in [1.82, 2.24) is 14.6 Å². The quantitative estimate of drug-likeness (QED) is 0.309. The molecule has 1 aliphatic carbocycles. The van der Waals surface area contributed by atoms with E-state index in [1.54, 1.807) is 4.52 Å². The number of rotatable bonds is 8. The lowest BCUT2D eigenvalue weighted by Crippen LogP contribution is -2.21. The van der Waals surface area contributed by atoms with E-state index < -0.39 is 17.5 Å². The van der Waals surface area contributed by atoms with E-state index >= 15 is 0 Å². The molecule has 2 aromatic rings. The summed E-state index contributed by atoms with van der Waals surface area (Å²) in [6.45, 7) is 9.38. The highest BCUT2D eigenvalue weighted by molar-refractivity contribution is 5.67. The van der Waals surface area contributed by atoms with Crippen LogP contribution >= 0.6 is 0 Å². The summed E-state index contributed by atoms with van der Waals surface area (Å²) in [5.74, 6) is -0.292. The first-order valence-corrected chi connectivity index (χ1v) is 12.5. The molecule has 4 N–H and O–H groups in total. The molecule has 2 aromatic heterocycles. The van der Waals surface area contributed by atoms with Crippen molar-refractivity contribution in [3.8, 4) is 12.6 Å². The number of carbonyl (C=O) groups excluding carboxylic acids is 1. The fraction of sp³-hybridized carbons (Fsp3) is 0.577. The molecule has 0 amide bonds. The van der Waals surface area contributed by atoms with E-state index in [1.807, 2.05) is 32.9 Å². The summed E-state index contributed by atoms with van der Waals surface area (Å²) < 4.78 is 17.8. The summed E-state index contributed by atoms with van der Waals surface area (Å²) in [5.41, 5.74) is 6.95. The third-order valence-electron chi connectivity index (χ3n) is 6.48. The molecule has 2 atom stereocenters. The molecule has 0 radical (unpaired) electrons. The van der Waals surface area contributed by atoms with E-state index in [0.29, 0.717) is 5.82 Å². The highest BCUT2D eigenvalue weighted by Crippen LogP contribution is 2.45.